The molecule has 166 valence electrons. The molecule has 0 amide bonds. The molecule has 7 N–H and O–H groups in total. The van der Waals surface area contributed by atoms with E-state index in [1.54, 1.807) is 12.1 Å². The predicted molar refractivity (Wildman–Crippen MR) is 109 cm³/mol. The first-order chi connectivity index (χ1) is 14.3. The molecule has 1 aliphatic rings. The van der Waals surface area contributed by atoms with E-state index in [0.29, 0.717) is 45.0 Å². The molecule has 30 heavy (non-hydrogen) atoms. The highest BCUT2D eigenvalue weighted by molar-refractivity contribution is 6.21. The summed E-state index contributed by atoms with van der Waals surface area (Å²) in [5.41, 5.74) is 4.31. The van der Waals surface area contributed by atoms with Gasteiger partial charge in [-0.15, -0.1) is 0 Å². The van der Waals surface area contributed by atoms with Crippen LogP contribution in [0.15, 0.2) is 24.3 Å². The summed E-state index contributed by atoms with van der Waals surface area (Å²) in [6.07, 6.45) is 0. The van der Waals surface area contributed by atoms with Crippen molar-refractivity contribution in [3.63, 3.8) is 0 Å². The smallest absolute Gasteiger partial charge is 0.347 e. The average molecular weight is 423 g/mol. The molecular weight excluding hydrogens is 394 g/mol. The standard InChI is InChI=1S/C19H29N5O6/c20-15-3-1-14(2-4-15)13-23-9-7-21-5-6-22-8-10-24(12-11-23)19(16(25)26,17(27)28)18(29)30/h1-4,21-22H,5-13,20H2,(H,25,26)(H,27,28)(H,29,30). The van der Waals surface area contributed by atoms with Crippen LogP contribution in [0.1, 0.15) is 5.56 Å². The van der Waals surface area contributed by atoms with E-state index in [1.807, 2.05) is 17.0 Å². The van der Waals surface area contributed by atoms with Crippen molar-refractivity contribution >= 4 is 23.6 Å². The van der Waals surface area contributed by atoms with E-state index in [9.17, 15) is 29.7 Å². The highest BCUT2D eigenvalue weighted by Crippen LogP contribution is 2.18. The fourth-order valence-electron chi connectivity index (χ4n) is 3.42. The van der Waals surface area contributed by atoms with Gasteiger partial charge in [0.1, 0.15) is 0 Å². The Labute approximate surface area is 174 Å². The van der Waals surface area contributed by atoms with Crippen LogP contribution in [0.5, 0.6) is 0 Å². The van der Waals surface area contributed by atoms with Crippen LogP contribution in [0.2, 0.25) is 0 Å². The van der Waals surface area contributed by atoms with E-state index in [-0.39, 0.29) is 19.6 Å². The van der Waals surface area contributed by atoms with E-state index >= 15 is 0 Å². The predicted octanol–water partition coefficient (Wildman–Crippen LogP) is -1.44. The molecule has 0 aliphatic carbocycles. The molecule has 0 bridgehead atoms. The molecule has 0 radical (unpaired) electrons. The van der Waals surface area contributed by atoms with E-state index in [0.717, 1.165) is 10.5 Å². The Bertz CT molecular complexity index is 705. The third-order valence-electron chi connectivity index (χ3n) is 5.12. The van der Waals surface area contributed by atoms with Crippen molar-refractivity contribution in [1.82, 2.24) is 20.4 Å². The number of hydrogen-bond acceptors (Lipinski definition) is 8. The number of anilines is 1. The van der Waals surface area contributed by atoms with Crippen LogP contribution >= 0.6 is 0 Å². The monoisotopic (exact) mass is 423 g/mol. The van der Waals surface area contributed by atoms with E-state index < -0.39 is 23.4 Å². The van der Waals surface area contributed by atoms with Gasteiger partial charge in [-0.1, -0.05) is 12.1 Å². The van der Waals surface area contributed by atoms with Crippen molar-refractivity contribution in [2.24, 2.45) is 0 Å². The van der Waals surface area contributed by atoms with Crippen LogP contribution in [0, 0.1) is 0 Å². The Morgan fingerprint density at radius 1 is 0.833 bits per heavy atom. The van der Waals surface area contributed by atoms with Gasteiger partial charge < -0.3 is 31.7 Å². The number of nitrogens with zero attached hydrogens (tertiary/aromatic N) is 2. The second kappa shape index (κ2) is 10.9. The molecule has 0 aromatic heterocycles. The fourth-order valence-corrected chi connectivity index (χ4v) is 3.42. The van der Waals surface area contributed by atoms with Gasteiger partial charge >= 0.3 is 23.4 Å². The molecule has 11 nitrogen and oxygen atoms in total. The minimum atomic E-state index is -3.04. The molecule has 1 fully saturated rings. The SMILES string of the molecule is Nc1ccc(CN2CCNCCNCCN(C(C(=O)O)(C(=O)O)C(=O)O)CC2)cc1. The van der Waals surface area contributed by atoms with E-state index in [4.69, 9.17) is 5.73 Å². The molecule has 0 spiro atoms. The molecule has 0 saturated carbocycles. The summed E-state index contributed by atoms with van der Waals surface area (Å²) in [6.45, 7) is 3.58. The van der Waals surface area contributed by atoms with Gasteiger partial charge in [0.05, 0.1) is 0 Å². The lowest BCUT2D eigenvalue weighted by atomic mass is 9.97. The van der Waals surface area contributed by atoms with Gasteiger partial charge in [-0.3, -0.25) is 9.80 Å². The first kappa shape index (κ1) is 23.5. The van der Waals surface area contributed by atoms with Crippen LogP contribution < -0.4 is 16.4 Å². The lowest BCUT2D eigenvalue weighted by Crippen LogP contribution is -2.67. The number of rotatable bonds is 6. The Morgan fingerprint density at radius 3 is 1.90 bits per heavy atom. The summed E-state index contributed by atoms with van der Waals surface area (Å²) < 4.78 is 0. The summed E-state index contributed by atoms with van der Waals surface area (Å²) in [4.78, 5) is 38.5. The third-order valence-corrected chi connectivity index (χ3v) is 5.12. The topological polar surface area (TPSA) is 168 Å². The summed E-state index contributed by atoms with van der Waals surface area (Å²) >= 11 is 0. The zero-order valence-corrected chi connectivity index (χ0v) is 16.7. The Kier molecular flexibility index (Phi) is 8.54. The van der Waals surface area contributed by atoms with Crippen molar-refractivity contribution in [3.05, 3.63) is 29.8 Å². The van der Waals surface area contributed by atoms with Crippen molar-refractivity contribution in [2.75, 3.05) is 58.1 Å². The molecular formula is C19H29N5O6. The third kappa shape index (κ3) is 5.66. The van der Waals surface area contributed by atoms with Crippen molar-refractivity contribution in [2.45, 2.75) is 12.1 Å². The summed E-state index contributed by atoms with van der Waals surface area (Å²) in [7, 11) is 0. The summed E-state index contributed by atoms with van der Waals surface area (Å²) in [5, 5.41) is 35.1. The van der Waals surface area contributed by atoms with E-state index in [1.165, 1.54) is 0 Å². The molecule has 1 aromatic carbocycles. The Balaban J connectivity index is 2.26. The minimum Gasteiger partial charge on any atom is -0.479 e. The number of carboxylic acids is 3. The summed E-state index contributed by atoms with van der Waals surface area (Å²) in [6, 6.07) is 7.34. The normalized spacial score (nSPS) is 18.1. The molecule has 2 rings (SSSR count). The molecule has 11 heteroatoms. The van der Waals surface area contributed by atoms with Gasteiger partial charge in [0.15, 0.2) is 0 Å². The van der Waals surface area contributed by atoms with E-state index in [2.05, 4.69) is 10.6 Å². The largest absolute Gasteiger partial charge is 0.479 e. The molecule has 0 atom stereocenters. The first-order valence-electron chi connectivity index (χ1n) is 9.72. The first-order valence-corrected chi connectivity index (χ1v) is 9.72. The number of benzene rings is 1. The quantitative estimate of drug-likeness (QED) is 0.234. The highest BCUT2D eigenvalue weighted by atomic mass is 16.4. The number of aliphatic carboxylic acids is 3. The lowest BCUT2D eigenvalue weighted by molar-refractivity contribution is -0.179. The summed E-state index contributed by atoms with van der Waals surface area (Å²) in [5.74, 6) is -5.75. The Morgan fingerprint density at radius 2 is 1.37 bits per heavy atom. The van der Waals surface area contributed by atoms with Gasteiger partial charge in [0.25, 0.3) is 0 Å². The maximum absolute atomic E-state index is 11.8. The van der Waals surface area contributed by atoms with Crippen molar-refractivity contribution < 1.29 is 29.7 Å². The van der Waals surface area contributed by atoms with Crippen LogP contribution in [-0.4, -0.2) is 101 Å². The van der Waals surface area contributed by atoms with Gasteiger partial charge in [0, 0.05) is 64.6 Å². The minimum absolute atomic E-state index is 0.0401. The molecule has 1 saturated heterocycles. The zero-order valence-electron chi connectivity index (χ0n) is 16.7. The van der Waals surface area contributed by atoms with Crippen molar-refractivity contribution in [3.8, 4) is 0 Å². The van der Waals surface area contributed by atoms with Gasteiger partial charge in [-0.2, -0.15) is 0 Å². The lowest BCUT2D eigenvalue weighted by Gasteiger charge is -2.36. The van der Waals surface area contributed by atoms with Gasteiger partial charge in [0.2, 0.25) is 0 Å². The molecule has 1 heterocycles. The van der Waals surface area contributed by atoms with Crippen LogP contribution in [-0.2, 0) is 20.9 Å². The van der Waals surface area contributed by atoms with Crippen LogP contribution in [0.25, 0.3) is 0 Å². The van der Waals surface area contributed by atoms with Crippen molar-refractivity contribution in [1.29, 1.82) is 0 Å². The molecule has 0 unspecified atom stereocenters. The van der Waals surface area contributed by atoms with Gasteiger partial charge in [-0.25, -0.2) is 14.4 Å². The van der Waals surface area contributed by atoms with Crippen LogP contribution in [0.4, 0.5) is 5.69 Å². The van der Waals surface area contributed by atoms with Gasteiger partial charge in [-0.05, 0) is 17.7 Å². The highest BCUT2D eigenvalue weighted by Gasteiger charge is 2.59. The molecule has 1 aromatic rings. The second-order valence-electron chi connectivity index (χ2n) is 7.13. The fraction of sp³-hybridized carbons (Fsp3) is 0.526. The maximum Gasteiger partial charge on any atom is 0.347 e. The number of carbonyl (C=O) groups is 3. The second-order valence-corrected chi connectivity index (χ2v) is 7.13. The number of nitrogen functional groups attached to an aromatic ring is 1. The average Bonchev–Trinajstić information content (AvgIpc) is 2.66. The number of nitrogens with two attached hydrogens (primary N) is 1. The maximum atomic E-state index is 11.8. The zero-order chi connectivity index (χ0) is 22.1. The molecule has 1 aliphatic heterocycles. The number of carboxylic acid groups (broad SMARTS) is 3. The number of nitrogens with one attached hydrogen (secondary N) is 2. The number of hydrogen-bond donors (Lipinski definition) is 6. The Hall–Kier alpha value is -2.73. The van der Waals surface area contributed by atoms with Crippen LogP contribution in [0.3, 0.4) is 0 Å².